The molecule has 13 heteroatoms. The number of rotatable bonds is 6. The van der Waals surface area contributed by atoms with Gasteiger partial charge in [0.05, 0.1) is 6.07 Å². The Morgan fingerprint density at radius 1 is 1.23 bits per heavy atom. The van der Waals surface area contributed by atoms with E-state index in [4.69, 9.17) is 0 Å². The van der Waals surface area contributed by atoms with Gasteiger partial charge in [0.25, 0.3) is 12.3 Å². The summed E-state index contributed by atoms with van der Waals surface area (Å²) in [6, 6.07) is 2.27. The molecule has 3 heterocycles. The second-order valence-corrected chi connectivity index (χ2v) is 10.6. The van der Waals surface area contributed by atoms with Gasteiger partial charge in [-0.3, -0.25) is 14.4 Å². The monoisotopic (exact) mass is 551 g/mol. The number of amides is 3. The lowest BCUT2D eigenvalue weighted by atomic mass is 9.90. The van der Waals surface area contributed by atoms with Crippen LogP contribution in [0, 0.1) is 34.9 Å². The molecule has 1 saturated carbocycles. The van der Waals surface area contributed by atoms with Crippen LogP contribution >= 0.6 is 0 Å². The van der Waals surface area contributed by atoms with Gasteiger partial charge < -0.3 is 20.5 Å². The second kappa shape index (κ2) is 10.1. The number of piperidine rings is 1. The van der Waals surface area contributed by atoms with Crippen molar-refractivity contribution in [3.8, 4) is 6.07 Å². The van der Waals surface area contributed by atoms with Crippen LogP contribution in [0.3, 0.4) is 0 Å². The Hall–Kier alpha value is -3.69. The molecule has 2 saturated heterocycles. The van der Waals surface area contributed by atoms with Gasteiger partial charge in [0.15, 0.2) is 0 Å². The highest BCUT2D eigenvalue weighted by molar-refractivity contribution is 6.01. The number of alkyl halides is 4. The lowest BCUT2D eigenvalue weighted by Crippen LogP contribution is -2.52. The number of nitriles is 1. The summed E-state index contributed by atoms with van der Waals surface area (Å²) in [5.74, 6) is -7.85. The zero-order valence-corrected chi connectivity index (χ0v) is 20.7. The van der Waals surface area contributed by atoms with Crippen LogP contribution < -0.4 is 10.6 Å². The predicted molar refractivity (Wildman–Crippen MR) is 127 cm³/mol. The van der Waals surface area contributed by atoms with Crippen LogP contribution in [0.4, 0.5) is 22.0 Å². The summed E-state index contributed by atoms with van der Waals surface area (Å²) in [4.78, 5) is 42.8. The maximum Gasteiger partial charge on any atom is 0.271 e. The summed E-state index contributed by atoms with van der Waals surface area (Å²) in [6.07, 6.45) is -2.88. The van der Waals surface area contributed by atoms with Crippen molar-refractivity contribution in [1.82, 2.24) is 20.5 Å². The summed E-state index contributed by atoms with van der Waals surface area (Å²) in [5.41, 5.74) is -0.857. The molecule has 0 radical (unpaired) electrons. The number of nitrogens with zero attached hydrogens (tertiary/aromatic N) is 2. The lowest BCUT2D eigenvalue weighted by molar-refractivity contribution is -0.129. The predicted octanol–water partition coefficient (Wildman–Crippen LogP) is 3.66. The van der Waals surface area contributed by atoms with Crippen molar-refractivity contribution in [2.24, 2.45) is 17.8 Å². The van der Waals surface area contributed by atoms with Crippen molar-refractivity contribution < 1.29 is 36.3 Å². The maximum atomic E-state index is 14.3. The second-order valence-electron chi connectivity index (χ2n) is 10.6. The molecule has 5 rings (SSSR count). The van der Waals surface area contributed by atoms with E-state index in [0.717, 1.165) is 17.0 Å². The highest BCUT2D eigenvalue weighted by Crippen LogP contribution is 2.50. The standard InChI is InChI=1S/C26H26F5N5O3/c27-14-5-17(22(28)29)16-7-20(35-19(16)6-14)25(39)36-11-13-8-26(30,31)9-18(13)21(36)24(38)34-15(10-32)4-12-2-1-3-33-23(12)37/h5-7,12-13,15,18,21-22,35H,1-4,8-9,11H2,(H,33,37)(H,34,38)/t12-,13-,15+,18-,21+/m0/s1. The summed E-state index contributed by atoms with van der Waals surface area (Å²) in [5, 5.41) is 14.8. The molecule has 3 fully saturated rings. The van der Waals surface area contributed by atoms with Gasteiger partial charge in [-0.25, -0.2) is 22.0 Å². The minimum Gasteiger partial charge on any atom is -0.356 e. The van der Waals surface area contributed by atoms with E-state index >= 15 is 0 Å². The van der Waals surface area contributed by atoms with E-state index in [1.807, 2.05) is 6.07 Å². The molecule has 208 valence electrons. The van der Waals surface area contributed by atoms with E-state index in [1.165, 1.54) is 0 Å². The molecule has 8 nitrogen and oxygen atoms in total. The quantitative estimate of drug-likeness (QED) is 0.475. The first-order valence-electron chi connectivity index (χ1n) is 12.7. The number of aromatic amines is 1. The number of benzene rings is 1. The van der Waals surface area contributed by atoms with Crippen LogP contribution in [0.1, 0.15) is 54.6 Å². The number of likely N-dealkylation sites (tertiary alicyclic amines) is 1. The third-order valence-electron chi connectivity index (χ3n) is 7.99. The Labute approximate surface area is 219 Å². The number of hydrogen-bond donors (Lipinski definition) is 3. The van der Waals surface area contributed by atoms with Crippen molar-refractivity contribution in [1.29, 1.82) is 5.26 Å². The summed E-state index contributed by atoms with van der Waals surface area (Å²) < 4.78 is 69.4. The first-order valence-corrected chi connectivity index (χ1v) is 12.7. The van der Waals surface area contributed by atoms with E-state index in [0.29, 0.717) is 25.5 Å². The number of nitrogens with one attached hydrogen (secondary N) is 3. The van der Waals surface area contributed by atoms with Crippen molar-refractivity contribution in [2.75, 3.05) is 13.1 Å². The molecule has 1 aromatic heterocycles. The number of carbonyl (C=O) groups is 3. The molecule has 0 spiro atoms. The Morgan fingerprint density at radius 3 is 2.69 bits per heavy atom. The molecule has 5 atom stereocenters. The zero-order valence-electron chi connectivity index (χ0n) is 20.7. The Balaban J connectivity index is 1.41. The molecule has 0 unspecified atom stereocenters. The van der Waals surface area contributed by atoms with Crippen molar-refractivity contribution in [2.45, 2.75) is 56.5 Å². The molecule has 3 amide bonds. The average molecular weight is 552 g/mol. The van der Waals surface area contributed by atoms with Crippen LogP contribution in [0.2, 0.25) is 0 Å². The molecule has 2 aromatic rings. The number of halogens is 5. The highest BCUT2D eigenvalue weighted by Gasteiger charge is 2.58. The molecule has 2 aliphatic heterocycles. The third-order valence-corrected chi connectivity index (χ3v) is 7.99. The highest BCUT2D eigenvalue weighted by atomic mass is 19.3. The summed E-state index contributed by atoms with van der Waals surface area (Å²) in [6.45, 7) is 0.347. The van der Waals surface area contributed by atoms with Gasteiger partial charge in [-0.15, -0.1) is 0 Å². The fourth-order valence-corrected chi connectivity index (χ4v) is 6.27. The fraction of sp³-hybridized carbons (Fsp3) is 0.538. The van der Waals surface area contributed by atoms with E-state index in [2.05, 4.69) is 15.6 Å². The Kier molecular flexibility index (Phi) is 6.99. The molecular weight excluding hydrogens is 525 g/mol. The van der Waals surface area contributed by atoms with Crippen molar-refractivity contribution in [3.63, 3.8) is 0 Å². The van der Waals surface area contributed by atoms with E-state index in [1.54, 1.807) is 0 Å². The SMILES string of the molecule is N#C[C@@H](C[C@@H]1CCCNC1=O)NC(=O)[C@H]1[C@H]2CC(F)(F)C[C@H]2CN1C(=O)c1cc2c(C(F)F)cc(F)cc2[nH]1. The van der Waals surface area contributed by atoms with Gasteiger partial charge in [0.1, 0.15) is 23.6 Å². The molecule has 0 bridgehead atoms. The van der Waals surface area contributed by atoms with Crippen LogP contribution in [-0.2, 0) is 9.59 Å². The van der Waals surface area contributed by atoms with Gasteiger partial charge in [-0.2, -0.15) is 5.26 Å². The number of aromatic nitrogens is 1. The smallest absolute Gasteiger partial charge is 0.271 e. The van der Waals surface area contributed by atoms with Gasteiger partial charge in [0, 0.05) is 48.3 Å². The lowest BCUT2D eigenvalue weighted by Gasteiger charge is -2.29. The molecule has 3 N–H and O–H groups in total. The minimum absolute atomic E-state index is 0.0307. The zero-order chi connectivity index (χ0) is 28.1. The Bertz CT molecular complexity index is 1360. The normalized spacial score (nSPS) is 26.8. The van der Waals surface area contributed by atoms with Crippen molar-refractivity contribution >= 4 is 28.6 Å². The number of fused-ring (bicyclic) bond motifs is 2. The van der Waals surface area contributed by atoms with Crippen LogP contribution in [0.15, 0.2) is 18.2 Å². The fourth-order valence-electron chi connectivity index (χ4n) is 6.27. The van der Waals surface area contributed by atoms with E-state index in [9.17, 15) is 41.6 Å². The first-order chi connectivity index (χ1) is 18.5. The molecule has 1 aromatic carbocycles. The van der Waals surface area contributed by atoms with Crippen LogP contribution in [0.5, 0.6) is 0 Å². The van der Waals surface area contributed by atoms with E-state index in [-0.39, 0.29) is 35.5 Å². The summed E-state index contributed by atoms with van der Waals surface area (Å²) in [7, 11) is 0. The van der Waals surface area contributed by atoms with Gasteiger partial charge in [0.2, 0.25) is 17.7 Å². The molecule has 1 aliphatic carbocycles. The van der Waals surface area contributed by atoms with E-state index < -0.39 is 78.2 Å². The maximum absolute atomic E-state index is 14.3. The van der Waals surface area contributed by atoms with Gasteiger partial charge in [-0.1, -0.05) is 0 Å². The number of H-pyrrole nitrogens is 1. The number of carbonyl (C=O) groups excluding carboxylic acids is 3. The van der Waals surface area contributed by atoms with Crippen LogP contribution in [0.25, 0.3) is 10.9 Å². The van der Waals surface area contributed by atoms with Gasteiger partial charge in [-0.05, 0) is 49.3 Å². The topological polar surface area (TPSA) is 118 Å². The molecule has 39 heavy (non-hydrogen) atoms. The largest absolute Gasteiger partial charge is 0.356 e. The molecule has 3 aliphatic rings. The number of hydrogen-bond acceptors (Lipinski definition) is 4. The van der Waals surface area contributed by atoms with Crippen molar-refractivity contribution in [3.05, 3.63) is 35.3 Å². The average Bonchev–Trinajstić information content (AvgIpc) is 3.53. The third kappa shape index (κ3) is 5.16. The molecular formula is C26H26F5N5O3. The summed E-state index contributed by atoms with van der Waals surface area (Å²) >= 11 is 0. The van der Waals surface area contributed by atoms with Gasteiger partial charge >= 0.3 is 0 Å². The first kappa shape index (κ1) is 26.9. The van der Waals surface area contributed by atoms with Crippen LogP contribution in [-0.4, -0.2) is 58.7 Å². The minimum atomic E-state index is -3.03. The Morgan fingerprint density at radius 2 is 2.00 bits per heavy atom.